The Bertz CT molecular complexity index is 588. The number of hydrogen-bond acceptors (Lipinski definition) is 3. The minimum atomic E-state index is -2.94. The summed E-state index contributed by atoms with van der Waals surface area (Å²) >= 11 is 0. The molecule has 2 aliphatic rings. The summed E-state index contributed by atoms with van der Waals surface area (Å²) < 4.78 is 13.2. The monoisotopic (exact) mass is 260 g/mol. The number of carbonyl (C=O) groups is 2. The summed E-state index contributed by atoms with van der Waals surface area (Å²) in [5.74, 6) is -0.243. The minimum absolute atomic E-state index is 0.00258. The molecule has 0 N–H and O–H groups in total. The molecule has 1 aliphatic carbocycles. The highest BCUT2D eigenvalue weighted by Gasteiger charge is 2.50. The molecular formula is C14H13O3P. The molecule has 1 saturated heterocycles. The average Bonchev–Trinajstić information content (AvgIpc) is 2.72. The van der Waals surface area contributed by atoms with Crippen molar-refractivity contribution in [3.8, 4) is 0 Å². The molecule has 1 aliphatic heterocycles. The van der Waals surface area contributed by atoms with E-state index < -0.39 is 12.8 Å². The van der Waals surface area contributed by atoms with Gasteiger partial charge in [0.15, 0.2) is 5.78 Å². The van der Waals surface area contributed by atoms with Gasteiger partial charge in [-0.25, -0.2) is 0 Å². The molecule has 3 atom stereocenters. The van der Waals surface area contributed by atoms with Crippen LogP contribution in [0.3, 0.4) is 0 Å². The molecule has 3 rings (SSSR count). The summed E-state index contributed by atoms with van der Waals surface area (Å²) in [7, 11) is -2.94. The Hall–Kier alpha value is -1.47. The van der Waals surface area contributed by atoms with Crippen LogP contribution in [0.5, 0.6) is 0 Å². The number of carbonyl (C=O) groups excluding carboxylic acids is 2. The Morgan fingerprint density at radius 1 is 1.11 bits per heavy atom. The van der Waals surface area contributed by atoms with Crippen LogP contribution in [0.4, 0.5) is 0 Å². The summed E-state index contributed by atoms with van der Waals surface area (Å²) in [5.41, 5.74) is -0.502. The molecule has 1 fully saturated rings. The summed E-state index contributed by atoms with van der Waals surface area (Å²) in [6.45, 7) is 0. The highest BCUT2D eigenvalue weighted by Crippen LogP contribution is 2.58. The lowest BCUT2D eigenvalue weighted by molar-refractivity contribution is -0.118. The zero-order valence-electron chi connectivity index (χ0n) is 9.78. The van der Waals surface area contributed by atoms with Crippen molar-refractivity contribution in [3.63, 3.8) is 0 Å². The van der Waals surface area contributed by atoms with Gasteiger partial charge in [-0.3, -0.25) is 9.59 Å². The van der Waals surface area contributed by atoms with Gasteiger partial charge in [0, 0.05) is 17.6 Å². The number of rotatable bonds is 1. The van der Waals surface area contributed by atoms with Crippen molar-refractivity contribution >= 4 is 24.0 Å². The van der Waals surface area contributed by atoms with Crippen LogP contribution in [0, 0.1) is 5.92 Å². The van der Waals surface area contributed by atoms with Gasteiger partial charge >= 0.3 is 0 Å². The molecule has 0 radical (unpaired) electrons. The van der Waals surface area contributed by atoms with E-state index in [0.29, 0.717) is 11.7 Å². The third-order valence-corrected chi connectivity index (χ3v) is 7.25. The summed E-state index contributed by atoms with van der Waals surface area (Å²) in [5, 5.41) is 0.658. The zero-order valence-corrected chi connectivity index (χ0v) is 10.7. The number of benzene rings is 1. The van der Waals surface area contributed by atoms with Crippen molar-refractivity contribution in [2.75, 3.05) is 6.16 Å². The van der Waals surface area contributed by atoms with Crippen molar-refractivity contribution in [1.29, 1.82) is 0 Å². The fourth-order valence-corrected chi connectivity index (χ4v) is 6.30. The van der Waals surface area contributed by atoms with Gasteiger partial charge in [0.05, 0.1) is 11.8 Å². The van der Waals surface area contributed by atoms with Crippen LogP contribution in [0.1, 0.15) is 6.42 Å². The Morgan fingerprint density at radius 2 is 1.83 bits per heavy atom. The summed E-state index contributed by atoms with van der Waals surface area (Å²) in [6.07, 6.45) is 3.62. The number of ketones is 2. The van der Waals surface area contributed by atoms with Crippen LogP contribution in [0.25, 0.3) is 0 Å². The average molecular weight is 260 g/mol. The van der Waals surface area contributed by atoms with E-state index >= 15 is 0 Å². The predicted octanol–water partition coefficient (Wildman–Crippen LogP) is 1.77. The first kappa shape index (κ1) is 11.6. The van der Waals surface area contributed by atoms with Crippen LogP contribution >= 0.6 is 7.14 Å². The lowest BCUT2D eigenvalue weighted by Crippen LogP contribution is -2.37. The highest BCUT2D eigenvalue weighted by molar-refractivity contribution is 7.74. The fraction of sp³-hybridized carbons (Fsp3) is 0.286. The van der Waals surface area contributed by atoms with Crippen molar-refractivity contribution in [2.45, 2.75) is 12.1 Å². The molecule has 1 heterocycles. The standard InChI is InChI=1S/C14H13O3P/c15-11-8-10-6-7-13(16)14(10)18(17,9-11)12-4-2-1-3-5-12/h1-7,10,14H,8-9H2. The molecule has 4 heteroatoms. The molecule has 0 amide bonds. The third kappa shape index (κ3) is 1.62. The van der Waals surface area contributed by atoms with Gasteiger partial charge in [0.2, 0.25) is 0 Å². The van der Waals surface area contributed by atoms with Crippen LogP contribution in [-0.4, -0.2) is 23.4 Å². The second-order valence-electron chi connectivity index (χ2n) is 4.90. The Labute approximate surface area is 105 Å². The van der Waals surface area contributed by atoms with Crippen LogP contribution < -0.4 is 5.30 Å². The molecule has 0 spiro atoms. The van der Waals surface area contributed by atoms with E-state index in [1.54, 1.807) is 30.3 Å². The second-order valence-corrected chi connectivity index (χ2v) is 7.88. The van der Waals surface area contributed by atoms with E-state index in [4.69, 9.17) is 0 Å². The highest BCUT2D eigenvalue weighted by atomic mass is 31.2. The van der Waals surface area contributed by atoms with Crippen LogP contribution in [-0.2, 0) is 14.2 Å². The predicted molar refractivity (Wildman–Crippen MR) is 69.6 cm³/mol. The largest absolute Gasteiger partial charge is 0.317 e. The molecular weight excluding hydrogens is 247 g/mol. The number of Topliss-reactive ketones (excluding diaryl/α,β-unsaturated/α-hetero) is 1. The maximum absolute atomic E-state index is 13.2. The molecule has 1 aromatic rings. The normalized spacial score (nSPS) is 34.7. The maximum Gasteiger partial charge on any atom is 0.166 e. The number of fused-ring (bicyclic) bond motifs is 1. The van der Waals surface area contributed by atoms with Gasteiger partial charge in [-0.1, -0.05) is 36.4 Å². The zero-order chi connectivity index (χ0) is 12.8. The molecule has 92 valence electrons. The van der Waals surface area contributed by atoms with E-state index in [1.807, 2.05) is 6.07 Å². The van der Waals surface area contributed by atoms with Gasteiger partial charge in [0.1, 0.15) is 12.9 Å². The molecule has 3 unspecified atom stereocenters. The van der Waals surface area contributed by atoms with E-state index in [9.17, 15) is 14.2 Å². The van der Waals surface area contributed by atoms with Gasteiger partial charge in [-0.05, 0) is 6.08 Å². The number of allylic oxidation sites excluding steroid dienone is 2. The van der Waals surface area contributed by atoms with Crippen LogP contribution in [0.2, 0.25) is 0 Å². The van der Waals surface area contributed by atoms with Gasteiger partial charge in [-0.2, -0.15) is 0 Å². The lowest BCUT2D eigenvalue weighted by Gasteiger charge is -2.32. The first-order chi connectivity index (χ1) is 8.61. The SMILES string of the molecule is O=C1CC2C=CC(=O)C2P(=O)(c2ccccc2)C1. The van der Waals surface area contributed by atoms with E-state index in [0.717, 1.165) is 0 Å². The first-order valence-corrected chi connectivity index (χ1v) is 7.95. The Morgan fingerprint density at radius 3 is 2.56 bits per heavy atom. The molecule has 1 aromatic carbocycles. The lowest BCUT2D eigenvalue weighted by atomic mass is 10.0. The van der Waals surface area contributed by atoms with Gasteiger partial charge in [-0.15, -0.1) is 0 Å². The maximum atomic E-state index is 13.2. The number of hydrogen-bond donors (Lipinski definition) is 0. The quantitative estimate of drug-likeness (QED) is 0.723. The van der Waals surface area contributed by atoms with Gasteiger partial charge < -0.3 is 4.57 Å². The molecule has 0 bridgehead atoms. The van der Waals surface area contributed by atoms with Gasteiger partial charge in [0.25, 0.3) is 0 Å². The topological polar surface area (TPSA) is 51.2 Å². The smallest absolute Gasteiger partial charge is 0.166 e. The first-order valence-electron chi connectivity index (χ1n) is 5.99. The molecule has 0 saturated carbocycles. The van der Waals surface area contributed by atoms with E-state index in [-0.39, 0.29) is 23.6 Å². The second kappa shape index (κ2) is 4.03. The molecule has 3 nitrogen and oxygen atoms in total. The molecule has 0 aromatic heterocycles. The van der Waals surface area contributed by atoms with Crippen molar-refractivity contribution in [1.82, 2.24) is 0 Å². The summed E-state index contributed by atoms with van der Waals surface area (Å²) in [4.78, 5) is 23.7. The third-order valence-electron chi connectivity index (χ3n) is 3.72. The minimum Gasteiger partial charge on any atom is -0.317 e. The van der Waals surface area contributed by atoms with Crippen LogP contribution in [0.15, 0.2) is 42.5 Å². The summed E-state index contributed by atoms with van der Waals surface area (Å²) in [6, 6.07) is 8.98. The Kier molecular flexibility index (Phi) is 2.60. The molecule has 18 heavy (non-hydrogen) atoms. The Balaban J connectivity index is 2.12. The fourth-order valence-electron chi connectivity index (χ4n) is 2.95. The van der Waals surface area contributed by atoms with E-state index in [2.05, 4.69) is 0 Å². The van der Waals surface area contributed by atoms with Crippen molar-refractivity contribution in [3.05, 3.63) is 42.5 Å². The van der Waals surface area contributed by atoms with Crippen molar-refractivity contribution < 1.29 is 14.2 Å². The van der Waals surface area contributed by atoms with Crippen molar-refractivity contribution in [2.24, 2.45) is 5.92 Å². The van der Waals surface area contributed by atoms with E-state index in [1.165, 1.54) is 6.08 Å².